The van der Waals surface area contributed by atoms with Crippen molar-refractivity contribution in [3.8, 4) is 22.4 Å². The van der Waals surface area contributed by atoms with Crippen LogP contribution in [0.25, 0.3) is 28.0 Å². The third kappa shape index (κ3) is 4.21. The molecular formula is C30H28FN9O2. The molecule has 2 fully saturated rings. The highest BCUT2D eigenvalue weighted by molar-refractivity contribution is 6.00. The van der Waals surface area contributed by atoms with E-state index in [0.717, 1.165) is 29.5 Å². The fourth-order valence-electron chi connectivity index (χ4n) is 6.52. The molecule has 1 unspecified atom stereocenters. The molecule has 0 spiro atoms. The highest BCUT2D eigenvalue weighted by Crippen LogP contribution is 2.45. The van der Waals surface area contributed by atoms with Gasteiger partial charge in [-0.2, -0.15) is 9.61 Å². The van der Waals surface area contributed by atoms with E-state index in [4.69, 9.17) is 10.7 Å². The number of ketones is 1. The van der Waals surface area contributed by atoms with E-state index in [-0.39, 0.29) is 47.2 Å². The van der Waals surface area contributed by atoms with Crippen LogP contribution in [0.4, 0.5) is 10.2 Å². The number of halogens is 1. The number of hydrogen-bond donors (Lipinski definition) is 2. The lowest BCUT2D eigenvalue weighted by Gasteiger charge is -2.38. The van der Waals surface area contributed by atoms with Crippen LogP contribution < -0.4 is 5.73 Å². The quantitative estimate of drug-likeness (QED) is 0.299. The van der Waals surface area contributed by atoms with Crippen molar-refractivity contribution in [2.45, 2.75) is 57.5 Å². The smallest absolute Gasteiger partial charge is 0.294 e. The molecule has 2 saturated heterocycles. The molecular weight excluding hydrogens is 537 g/mol. The van der Waals surface area contributed by atoms with Gasteiger partial charge in [-0.25, -0.2) is 14.4 Å². The number of nitrogens with two attached hydrogens (primary N) is 1. The van der Waals surface area contributed by atoms with Crippen LogP contribution in [0.5, 0.6) is 0 Å². The molecule has 3 N–H and O–H groups in total. The van der Waals surface area contributed by atoms with E-state index < -0.39 is 0 Å². The predicted molar refractivity (Wildman–Crippen MR) is 152 cm³/mol. The number of aryl methyl sites for hydroxylation is 1. The number of fused-ring (bicyclic) bond motifs is 3. The Bertz CT molecular complexity index is 1830. The summed E-state index contributed by atoms with van der Waals surface area (Å²) in [5.41, 5.74) is 11.1. The van der Waals surface area contributed by atoms with Gasteiger partial charge in [-0.15, -0.1) is 5.10 Å². The first-order valence-electron chi connectivity index (χ1n) is 13.9. The van der Waals surface area contributed by atoms with E-state index in [0.29, 0.717) is 41.3 Å². The number of pyridine rings is 1. The van der Waals surface area contributed by atoms with Crippen LogP contribution in [-0.4, -0.2) is 63.4 Å². The number of Topliss-reactive ketones (excluding diaryl/α,β-unsaturated/α-hetero) is 1. The number of H-pyrrole nitrogens is 1. The van der Waals surface area contributed by atoms with Crippen LogP contribution in [0.1, 0.15) is 71.0 Å². The first kappa shape index (κ1) is 25.9. The first-order valence-corrected chi connectivity index (χ1v) is 13.9. The van der Waals surface area contributed by atoms with Crippen molar-refractivity contribution in [1.29, 1.82) is 0 Å². The van der Waals surface area contributed by atoms with Gasteiger partial charge in [0.15, 0.2) is 11.4 Å². The molecule has 1 amide bonds. The second-order valence-corrected chi connectivity index (χ2v) is 11.1. The number of amides is 1. The number of benzene rings is 1. The summed E-state index contributed by atoms with van der Waals surface area (Å²) in [6, 6.07) is 9.93. The summed E-state index contributed by atoms with van der Waals surface area (Å²) in [7, 11) is 0. The van der Waals surface area contributed by atoms with Crippen LogP contribution in [0, 0.1) is 12.7 Å². The highest BCUT2D eigenvalue weighted by atomic mass is 19.1. The summed E-state index contributed by atoms with van der Waals surface area (Å²) in [5, 5.41) is 11.3. The number of carbonyl (C=O) groups is 2. The molecule has 1 aromatic carbocycles. The van der Waals surface area contributed by atoms with E-state index >= 15 is 0 Å². The van der Waals surface area contributed by atoms with Crippen LogP contribution in [-0.2, 0) is 0 Å². The number of nitrogens with one attached hydrogen (secondary N) is 1. The fourth-order valence-corrected chi connectivity index (χ4v) is 6.52. The maximum absolute atomic E-state index is 13.4. The molecule has 0 radical (unpaired) electrons. The van der Waals surface area contributed by atoms with Crippen molar-refractivity contribution in [3.63, 3.8) is 0 Å². The van der Waals surface area contributed by atoms with Gasteiger partial charge < -0.3 is 10.6 Å². The minimum absolute atomic E-state index is 0.00768. The Labute approximate surface area is 240 Å². The molecule has 2 aliphatic rings. The molecule has 0 saturated carbocycles. The van der Waals surface area contributed by atoms with Gasteiger partial charge in [-0.3, -0.25) is 19.7 Å². The summed E-state index contributed by atoms with van der Waals surface area (Å²) in [5.74, 6) is 0.299. The molecule has 3 atom stereocenters. The number of carbonyl (C=O) groups excluding carboxylic acids is 2. The maximum Gasteiger partial charge on any atom is 0.294 e. The highest BCUT2D eigenvalue weighted by Gasteiger charge is 2.46. The number of piperidine rings is 1. The largest absolute Gasteiger partial charge is 0.383 e. The van der Waals surface area contributed by atoms with Crippen molar-refractivity contribution in [2.75, 3.05) is 5.73 Å². The number of anilines is 1. The topological polar surface area (TPSA) is 148 Å². The Hall–Kier alpha value is -5.00. The number of aromatic amines is 1. The standard InChI is InChI=1S/C30H28FN9O2/c1-15(41)25-26(19-11-21-8-9-22(12-19)39(21)30(42)28-35-16(2)37-38-28)36-29-23(14-34-40(29)27(25)32)18-5-10-24(33-13-18)17-3-6-20(31)7-4-17/h3-7,10,13-14,19,21-22H,8-9,11-12,32H2,1-2H3,(H,35,37,38)/t19?,21-,22+. The number of aromatic nitrogens is 7. The van der Waals surface area contributed by atoms with Crippen LogP contribution in [0.3, 0.4) is 0 Å². The number of rotatable bonds is 5. The number of nitrogen functional groups attached to an aromatic ring is 1. The van der Waals surface area contributed by atoms with Gasteiger partial charge in [0.25, 0.3) is 5.91 Å². The molecule has 212 valence electrons. The molecule has 7 rings (SSSR count). The summed E-state index contributed by atoms with van der Waals surface area (Å²) in [6.45, 7) is 3.25. The Morgan fingerprint density at radius 3 is 2.33 bits per heavy atom. The van der Waals surface area contributed by atoms with Gasteiger partial charge in [0.2, 0.25) is 5.82 Å². The van der Waals surface area contributed by atoms with E-state index in [2.05, 4.69) is 25.3 Å². The first-order chi connectivity index (χ1) is 20.3. The lowest BCUT2D eigenvalue weighted by atomic mass is 9.85. The van der Waals surface area contributed by atoms with Crippen LogP contribution in [0.15, 0.2) is 48.8 Å². The van der Waals surface area contributed by atoms with Gasteiger partial charge in [0.05, 0.1) is 23.1 Å². The summed E-state index contributed by atoms with van der Waals surface area (Å²) >= 11 is 0. The van der Waals surface area contributed by atoms with Crippen molar-refractivity contribution in [3.05, 3.63) is 77.5 Å². The van der Waals surface area contributed by atoms with E-state index in [1.807, 2.05) is 17.0 Å². The minimum Gasteiger partial charge on any atom is -0.383 e. The second kappa shape index (κ2) is 9.82. The Balaban J connectivity index is 1.24. The second-order valence-electron chi connectivity index (χ2n) is 11.1. The molecule has 42 heavy (non-hydrogen) atoms. The molecule has 2 bridgehead atoms. The lowest BCUT2D eigenvalue weighted by molar-refractivity contribution is 0.0556. The Kier molecular flexibility index (Phi) is 6.07. The summed E-state index contributed by atoms with van der Waals surface area (Å²) < 4.78 is 14.9. The SMILES string of the molecule is CC(=O)c1c(C2C[C@H]3CC[C@@H](C2)N3C(=O)c2n[nH]c(C)n2)nc2c(-c3ccc(-c4ccc(F)cc4)nc3)cnn2c1N. The molecule has 11 nitrogen and oxygen atoms in total. The zero-order valence-electron chi connectivity index (χ0n) is 23.1. The van der Waals surface area contributed by atoms with E-state index in [1.165, 1.54) is 23.6 Å². The third-order valence-electron chi connectivity index (χ3n) is 8.42. The van der Waals surface area contributed by atoms with Gasteiger partial charge in [0, 0.05) is 40.9 Å². The average Bonchev–Trinajstić information content (AvgIpc) is 3.68. The monoisotopic (exact) mass is 565 g/mol. The molecule has 0 aliphatic carbocycles. The van der Waals surface area contributed by atoms with Gasteiger partial charge in [-0.1, -0.05) is 6.07 Å². The zero-order valence-corrected chi connectivity index (χ0v) is 23.1. The minimum atomic E-state index is -0.304. The Morgan fingerprint density at radius 1 is 1.00 bits per heavy atom. The lowest BCUT2D eigenvalue weighted by Crippen LogP contribution is -2.46. The average molecular weight is 566 g/mol. The zero-order chi connectivity index (χ0) is 29.1. The number of nitrogens with zero attached hydrogens (tertiary/aromatic N) is 7. The van der Waals surface area contributed by atoms with Crippen molar-refractivity contribution in [2.24, 2.45) is 0 Å². The van der Waals surface area contributed by atoms with Gasteiger partial charge >= 0.3 is 0 Å². The summed E-state index contributed by atoms with van der Waals surface area (Å²) in [6.07, 6.45) is 6.45. The molecule has 5 aromatic rings. The number of hydrogen-bond acceptors (Lipinski definition) is 8. The van der Waals surface area contributed by atoms with E-state index in [1.54, 1.807) is 31.5 Å². The van der Waals surface area contributed by atoms with Crippen LogP contribution >= 0.6 is 0 Å². The molecule has 12 heteroatoms. The van der Waals surface area contributed by atoms with Gasteiger partial charge in [-0.05, 0) is 69.9 Å². The molecule has 2 aliphatic heterocycles. The summed E-state index contributed by atoms with van der Waals surface area (Å²) in [4.78, 5) is 41.9. The normalized spacial score (nSPS) is 19.9. The third-order valence-corrected chi connectivity index (χ3v) is 8.42. The Morgan fingerprint density at radius 2 is 1.71 bits per heavy atom. The van der Waals surface area contributed by atoms with Gasteiger partial charge in [0.1, 0.15) is 17.5 Å². The molecule has 4 aromatic heterocycles. The van der Waals surface area contributed by atoms with Crippen molar-refractivity contribution >= 4 is 23.2 Å². The maximum atomic E-state index is 13.4. The molecule has 6 heterocycles. The predicted octanol–water partition coefficient (Wildman–Crippen LogP) is 4.36. The van der Waals surface area contributed by atoms with Crippen molar-refractivity contribution < 1.29 is 14.0 Å². The van der Waals surface area contributed by atoms with Crippen LogP contribution in [0.2, 0.25) is 0 Å². The van der Waals surface area contributed by atoms with Crippen molar-refractivity contribution in [1.82, 2.24) is 39.7 Å². The van der Waals surface area contributed by atoms with E-state index in [9.17, 15) is 14.0 Å². The fraction of sp³-hybridized carbons (Fsp3) is 0.300.